The van der Waals surface area contributed by atoms with Crippen LogP contribution in [0, 0.1) is 0 Å². The van der Waals surface area contributed by atoms with E-state index in [4.69, 9.17) is 0 Å². The van der Waals surface area contributed by atoms with E-state index in [0.717, 1.165) is 39.0 Å². The molecule has 1 N–H and O–H groups in total. The van der Waals surface area contributed by atoms with E-state index in [0.29, 0.717) is 11.9 Å². The predicted octanol–water partition coefficient (Wildman–Crippen LogP) is 1.78. The van der Waals surface area contributed by atoms with E-state index < -0.39 is 0 Å². The summed E-state index contributed by atoms with van der Waals surface area (Å²) in [4.78, 5) is 18.7. The number of aromatic nitrogens is 4. The Morgan fingerprint density at radius 1 is 1.21 bits per heavy atom. The van der Waals surface area contributed by atoms with Crippen LogP contribution < -0.4 is 15.8 Å². The van der Waals surface area contributed by atoms with Crippen molar-refractivity contribution in [2.75, 3.05) is 18.0 Å². The average molecular weight is 378 g/mol. The topological polar surface area (TPSA) is 68.0 Å². The Morgan fingerprint density at radius 2 is 2.07 bits per heavy atom. The number of benzene rings is 1. The molecular weight excluding hydrogens is 352 g/mol. The number of nitrogens with zero attached hydrogens (tertiary/aromatic N) is 5. The van der Waals surface area contributed by atoms with Gasteiger partial charge in [-0.2, -0.15) is 5.10 Å². The van der Waals surface area contributed by atoms with Gasteiger partial charge in [0.25, 0.3) is 5.56 Å². The largest absolute Gasteiger partial charge is 0.350 e. The summed E-state index contributed by atoms with van der Waals surface area (Å²) in [6.07, 6.45) is 9.54. The lowest BCUT2D eigenvalue weighted by Gasteiger charge is -2.33. The smallest absolute Gasteiger partial charge is 0.293 e. The monoisotopic (exact) mass is 378 g/mol. The summed E-state index contributed by atoms with van der Waals surface area (Å²) < 4.78 is 3.55. The summed E-state index contributed by atoms with van der Waals surface area (Å²) in [7, 11) is 1.76. The second-order valence-electron chi connectivity index (χ2n) is 7.36. The fraction of sp³-hybridized carbons (Fsp3) is 0.381. The molecule has 1 saturated heterocycles. The zero-order chi connectivity index (χ0) is 19.3. The number of piperidine rings is 1. The molecule has 0 aliphatic carbocycles. The molecule has 1 fully saturated rings. The number of hydrogen-bond acceptors (Lipinski definition) is 5. The maximum Gasteiger partial charge on any atom is 0.293 e. The standard InChI is InChI=1S/C21H26N6O/c1-25-11-9-22-20(21(25)28)26-10-5-8-19(16-26)23-12-18-13-24-27(15-18)14-17-6-3-2-4-7-17/h2-4,6-7,9,11,13,15,19,23H,5,8,10,12,14,16H2,1H3/t19-/m1/s1. The molecule has 2 aromatic heterocycles. The molecule has 1 aliphatic rings. The molecule has 0 amide bonds. The fourth-order valence-corrected chi connectivity index (χ4v) is 3.65. The van der Waals surface area contributed by atoms with Crippen molar-refractivity contribution in [1.29, 1.82) is 0 Å². The van der Waals surface area contributed by atoms with Crippen LogP contribution in [0.1, 0.15) is 24.0 Å². The normalized spacial score (nSPS) is 17.0. The van der Waals surface area contributed by atoms with Crippen LogP contribution in [0.5, 0.6) is 0 Å². The summed E-state index contributed by atoms with van der Waals surface area (Å²) in [6, 6.07) is 10.7. The Labute approximate surface area is 164 Å². The zero-order valence-electron chi connectivity index (χ0n) is 16.2. The lowest BCUT2D eigenvalue weighted by atomic mass is 10.1. The molecule has 7 nitrogen and oxygen atoms in total. The summed E-state index contributed by atoms with van der Waals surface area (Å²) in [5.74, 6) is 0.548. The van der Waals surface area contributed by atoms with Crippen LogP contribution in [0.25, 0.3) is 0 Å². The van der Waals surface area contributed by atoms with Gasteiger partial charge in [-0.3, -0.25) is 9.48 Å². The molecule has 3 heterocycles. The molecule has 0 spiro atoms. The first-order valence-corrected chi connectivity index (χ1v) is 9.74. The van der Waals surface area contributed by atoms with Crippen molar-refractivity contribution in [2.45, 2.75) is 32.0 Å². The van der Waals surface area contributed by atoms with Gasteiger partial charge in [-0.05, 0) is 18.4 Å². The van der Waals surface area contributed by atoms with E-state index in [1.807, 2.05) is 29.1 Å². The van der Waals surface area contributed by atoms with Gasteiger partial charge in [0.1, 0.15) is 0 Å². The van der Waals surface area contributed by atoms with Gasteiger partial charge >= 0.3 is 0 Å². The third kappa shape index (κ3) is 4.31. The molecule has 28 heavy (non-hydrogen) atoms. The summed E-state index contributed by atoms with van der Waals surface area (Å²) in [5, 5.41) is 8.09. The third-order valence-electron chi connectivity index (χ3n) is 5.19. The molecular formula is C21H26N6O. The first-order valence-electron chi connectivity index (χ1n) is 9.74. The summed E-state index contributed by atoms with van der Waals surface area (Å²) in [6.45, 7) is 3.22. The molecule has 146 valence electrons. The Morgan fingerprint density at radius 3 is 2.93 bits per heavy atom. The second-order valence-corrected chi connectivity index (χ2v) is 7.36. The van der Waals surface area contributed by atoms with Crippen LogP contribution in [0.3, 0.4) is 0 Å². The van der Waals surface area contributed by atoms with Crippen molar-refractivity contribution >= 4 is 5.82 Å². The van der Waals surface area contributed by atoms with E-state index in [-0.39, 0.29) is 5.56 Å². The van der Waals surface area contributed by atoms with Crippen molar-refractivity contribution in [3.63, 3.8) is 0 Å². The number of rotatable bonds is 6. The fourth-order valence-electron chi connectivity index (χ4n) is 3.65. The molecule has 1 atom stereocenters. The molecule has 7 heteroatoms. The van der Waals surface area contributed by atoms with Crippen molar-refractivity contribution in [3.8, 4) is 0 Å². The van der Waals surface area contributed by atoms with Crippen LogP contribution >= 0.6 is 0 Å². The Balaban J connectivity index is 1.34. The minimum Gasteiger partial charge on any atom is -0.350 e. The maximum absolute atomic E-state index is 12.3. The molecule has 1 aromatic carbocycles. The van der Waals surface area contributed by atoms with Crippen LogP contribution in [-0.4, -0.2) is 38.5 Å². The van der Waals surface area contributed by atoms with Crippen molar-refractivity contribution < 1.29 is 0 Å². The molecule has 0 saturated carbocycles. The van der Waals surface area contributed by atoms with Crippen LogP contribution in [0.4, 0.5) is 5.82 Å². The van der Waals surface area contributed by atoms with Crippen LogP contribution in [0.2, 0.25) is 0 Å². The molecule has 4 rings (SSSR count). The minimum atomic E-state index is -0.0367. The maximum atomic E-state index is 12.3. The quantitative estimate of drug-likeness (QED) is 0.708. The lowest BCUT2D eigenvalue weighted by Crippen LogP contribution is -2.47. The summed E-state index contributed by atoms with van der Waals surface area (Å²) >= 11 is 0. The molecule has 0 bridgehead atoms. The lowest BCUT2D eigenvalue weighted by molar-refractivity contribution is 0.419. The molecule has 0 unspecified atom stereocenters. The predicted molar refractivity (Wildman–Crippen MR) is 109 cm³/mol. The molecule has 1 aliphatic heterocycles. The van der Waals surface area contributed by atoms with Gasteiger partial charge in [-0.25, -0.2) is 4.98 Å². The van der Waals surface area contributed by atoms with E-state index >= 15 is 0 Å². The highest BCUT2D eigenvalue weighted by molar-refractivity contribution is 5.36. The molecule has 3 aromatic rings. The van der Waals surface area contributed by atoms with E-state index in [9.17, 15) is 4.79 Å². The van der Waals surface area contributed by atoms with Crippen molar-refractivity contribution in [1.82, 2.24) is 24.6 Å². The van der Waals surface area contributed by atoms with Crippen molar-refractivity contribution in [3.05, 3.63) is 76.6 Å². The number of aryl methyl sites for hydroxylation is 1. The van der Waals surface area contributed by atoms with Crippen LogP contribution in [-0.2, 0) is 20.1 Å². The van der Waals surface area contributed by atoms with Gasteiger partial charge in [0, 0.05) is 56.9 Å². The third-order valence-corrected chi connectivity index (χ3v) is 5.19. The first-order chi connectivity index (χ1) is 13.7. The Hall–Kier alpha value is -2.93. The highest BCUT2D eigenvalue weighted by Crippen LogP contribution is 2.15. The van der Waals surface area contributed by atoms with E-state index in [1.54, 1.807) is 24.0 Å². The van der Waals surface area contributed by atoms with Gasteiger partial charge in [-0.15, -0.1) is 0 Å². The SMILES string of the molecule is Cn1ccnc(N2CCC[C@@H](NCc3cnn(Cc4ccccc4)c3)C2)c1=O. The minimum absolute atomic E-state index is 0.0367. The average Bonchev–Trinajstić information content (AvgIpc) is 3.17. The van der Waals surface area contributed by atoms with Gasteiger partial charge in [0.15, 0.2) is 5.82 Å². The highest BCUT2D eigenvalue weighted by atomic mass is 16.1. The van der Waals surface area contributed by atoms with Gasteiger partial charge in [0.05, 0.1) is 12.7 Å². The Kier molecular flexibility index (Phi) is 5.53. The number of anilines is 1. The number of hydrogen-bond donors (Lipinski definition) is 1. The highest BCUT2D eigenvalue weighted by Gasteiger charge is 2.22. The van der Waals surface area contributed by atoms with Crippen LogP contribution in [0.15, 0.2) is 59.9 Å². The Bertz CT molecular complexity index is 964. The second kappa shape index (κ2) is 8.39. The van der Waals surface area contributed by atoms with E-state index in [1.165, 1.54) is 11.1 Å². The first kappa shape index (κ1) is 18.4. The molecule has 0 radical (unpaired) electrons. The zero-order valence-corrected chi connectivity index (χ0v) is 16.2. The van der Waals surface area contributed by atoms with Gasteiger partial charge in [0.2, 0.25) is 0 Å². The van der Waals surface area contributed by atoms with Gasteiger partial charge < -0.3 is 14.8 Å². The van der Waals surface area contributed by atoms with Gasteiger partial charge in [-0.1, -0.05) is 30.3 Å². The summed E-state index contributed by atoms with van der Waals surface area (Å²) in [5.41, 5.74) is 2.37. The van der Waals surface area contributed by atoms with E-state index in [2.05, 4.69) is 38.6 Å². The van der Waals surface area contributed by atoms with Crippen molar-refractivity contribution in [2.24, 2.45) is 7.05 Å². The number of nitrogens with one attached hydrogen (secondary N) is 1.